The topological polar surface area (TPSA) is 77.2 Å². The Balaban J connectivity index is 0.00000100. The number of aliphatic hydroxyl groups excluding tert-OH is 1. The minimum absolute atomic E-state index is 0.00108. The molecule has 0 saturated heterocycles. The number of H-pyrrole nitrogens is 1. The van der Waals surface area contributed by atoms with E-state index in [1.165, 1.54) is 0 Å². The number of carbonyl (C=O) groups excluding carboxylic acids is 1. The van der Waals surface area contributed by atoms with Crippen LogP contribution in [0, 0.1) is 0 Å². The van der Waals surface area contributed by atoms with E-state index in [1.54, 1.807) is 6.07 Å². The molecule has 0 bridgehead atoms. The molecular formula is C17H23Cl2N3O2. The number of amides is 1. The minimum Gasteiger partial charge on any atom is -0.395 e. The average Bonchev–Trinajstić information content (AvgIpc) is 2.91. The largest absolute Gasteiger partial charge is 0.395 e. The van der Waals surface area contributed by atoms with Gasteiger partial charge < -0.3 is 20.7 Å². The summed E-state index contributed by atoms with van der Waals surface area (Å²) in [4.78, 5) is 15.5. The number of nitrogens with one attached hydrogen (secondary N) is 3. The van der Waals surface area contributed by atoms with Crippen LogP contribution in [-0.4, -0.2) is 35.7 Å². The summed E-state index contributed by atoms with van der Waals surface area (Å²) in [5, 5.41) is 16.9. The SMILES string of the molecule is CC.CC1C(=O)NCCc2[nH]c3c(Cl)c(Cl)cc(NCCO)c3c21. The van der Waals surface area contributed by atoms with Crippen molar-refractivity contribution in [1.82, 2.24) is 10.3 Å². The molecule has 7 heteroatoms. The van der Waals surface area contributed by atoms with Gasteiger partial charge in [0.25, 0.3) is 0 Å². The number of rotatable bonds is 3. The molecule has 1 aliphatic rings. The number of halogens is 2. The van der Waals surface area contributed by atoms with Crippen LogP contribution in [0.15, 0.2) is 6.07 Å². The summed E-state index contributed by atoms with van der Waals surface area (Å²) in [7, 11) is 0. The molecule has 24 heavy (non-hydrogen) atoms. The quantitative estimate of drug-likeness (QED) is 0.664. The van der Waals surface area contributed by atoms with E-state index in [0.29, 0.717) is 29.6 Å². The second-order valence-corrected chi connectivity index (χ2v) is 6.19. The Labute approximate surface area is 151 Å². The molecule has 1 atom stereocenters. The second-order valence-electron chi connectivity index (χ2n) is 5.40. The molecule has 2 aromatic rings. The Morgan fingerprint density at radius 1 is 1.38 bits per heavy atom. The van der Waals surface area contributed by atoms with E-state index >= 15 is 0 Å². The zero-order valence-electron chi connectivity index (χ0n) is 14.1. The van der Waals surface area contributed by atoms with Gasteiger partial charge >= 0.3 is 0 Å². The molecule has 0 spiro atoms. The number of carbonyl (C=O) groups is 1. The maximum Gasteiger partial charge on any atom is 0.227 e. The van der Waals surface area contributed by atoms with Gasteiger partial charge in [0, 0.05) is 36.3 Å². The molecule has 5 nitrogen and oxygen atoms in total. The summed E-state index contributed by atoms with van der Waals surface area (Å²) in [6.07, 6.45) is 0.716. The summed E-state index contributed by atoms with van der Waals surface area (Å²) in [5.41, 5.74) is 3.46. The van der Waals surface area contributed by atoms with Crippen molar-refractivity contribution in [3.8, 4) is 0 Å². The molecule has 0 radical (unpaired) electrons. The van der Waals surface area contributed by atoms with Gasteiger partial charge in [-0.2, -0.15) is 0 Å². The number of aromatic amines is 1. The molecule has 0 aliphatic carbocycles. The minimum atomic E-state index is -0.279. The van der Waals surface area contributed by atoms with Gasteiger partial charge in [0.05, 0.1) is 28.1 Å². The summed E-state index contributed by atoms with van der Waals surface area (Å²) in [6.45, 7) is 6.87. The third-order valence-corrected chi connectivity index (χ3v) is 4.81. The first-order valence-electron chi connectivity index (χ1n) is 8.19. The third kappa shape index (κ3) is 3.34. The molecular weight excluding hydrogens is 349 g/mol. The average molecular weight is 372 g/mol. The molecule has 4 N–H and O–H groups in total. The maximum atomic E-state index is 12.2. The van der Waals surface area contributed by atoms with Crippen LogP contribution in [0.3, 0.4) is 0 Å². The van der Waals surface area contributed by atoms with Gasteiger partial charge in [-0.1, -0.05) is 37.0 Å². The number of benzene rings is 1. The summed E-state index contributed by atoms with van der Waals surface area (Å²) >= 11 is 12.5. The van der Waals surface area contributed by atoms with Crippen LogP contribution in [0.1, 0.15) is 37.9 Å². The first-order valence-corrected chi connectivity index (χ1v) is 8.95. The lowest BCUT2D eigenvalue weighted by molar-refractivity contribution is -0.121. The Hall–Kier alpha value is -1.43. The summed E-state index contributed by atoms with van der Waals surface area (Å²) in [5.74, 6) is -0.281. The molecule has 1 unspecified atom stereocenters. The molecule has 0 saturated carbocycles. The highest BCUT2D eigenvalue weighted by molar-refractivity contribution is 6.45. The number of fused-ring (bicyclic) bond motifs is 3. The van der Waals surface area contributed by atoms with Crippen molar-refractivity contribution in [2.24, 2.45) is 0 Å². The predicted molar refractivity (Wildman–Crippen MR) is 100 cm³/mol. The van der Waals surface area contributed by atoms with E-state index in [4.69, 9.17) is 28.3 Å². The molecule has 132 valence electrons. The lowest BCUT2D eigenvalue weighted by Gasteiger charge is -2.13. The van der Waals surface area contributed by atoms with E-state index in [1.807, 2.05) is 20.8 Å². The molecule has 3 rings (SSSR count). The van der Waals surface area contributed by atoms with Gasteiger partial charge in [0.15, 0.2) is 0 Å². The van der Waals surface area contributed by atoms with Crippen LogP contribution in [-0.2, 0) is 11.2 Å². The number of hydrogen-bond acceptors (Lipinski definition) is 3. The zero-order valence-corrected chi connectivity index (χ0v) is 15.6. The van der Waals surface area contributed by atoms with Crippen LogP contribution in [0.5, 0.6) is 0 Å². The fourth-order valence-corrected chi connectivity index (χ4v) is 3.39. The third-order valence-electron chi connectivity index (χ3n) is 4.02. The number of aromatic nitrogens is 1. The van der Waals surface area contributed by atoms with Crippen molar-refractivity contribution < 1.29 is 9.90 Å². The van der Waals surface area contributed by atoms with Crippen molar-refractivity contribution in [2.75, 3.05) is 25.0 Å². The van der Waals surface area contributed by atoms with Gasteiger partial charge in [-0.25, -0.2) is 0 Å². The Bertz CT molecular complexity index is 743. The smallest absolute Gasteiger partial charge is 0.227 e. The predicted octanol–water partition coefficient (Wildman–Crippen LogP) is 3.68. The van der Waals surface area contributed by atoms with Crippen LogP contribution >= 0.6 is 23.2 Å². The van der Waals surface area contributed by atoms with E-state index in [-0.39, 0.29) is 18.4 Å². The number of hydrogen-bond donors (Lipinski definition) is 4. The van der Waals surface area contributed by atoms with E-state index in [0.717, 1.165) is 27.8 Å². The molecule has 2 heterocycles. The molecule has 1 aliphatic heterocycles. The standard InChI is InChI=1S/C15H17Cl2N3O2.C2H6/c1-7-11-9(2-3-19-15(7)22)20-14-12(11)10(18-4-5-21)6-8(16)13(14)17;1-2/h6-7,18,20-21H,2-5H2,1H3,(H,19,22);1-2H3. The highest BCUT2D eigenvalue weighted by atomic mass is 35.5. The lowest BCUT2D eigenvalue weighted by atomic mass is 9.96. The van der Waals surface area contributed by atoms with Gasteiger partial charge in [-0.15, -0.1) is 0 Å². The molecule has 0 fully saturated rings. The molecule has 1 aromatic carbocycles. The van der Waals surface area contributed by atoms with Crippen LogP contribution in [0.2, 0.25) is 10.0 Å². The molecule has 1 aromatic heterocycles. The highest BCUT2D eigenvalue weighted by Crippen LogP contribution is 2.42. The fraction of sp³-hybridized carbons (Fsp3) is 0.471. The Morgan fingerprint density at radius 2 is 2.08 bits per heavy atom. The van der Waals surface area contributed by atoms with Crippen molar-refractivity contribution in [3.63, 3.8) is 0 Å². The Kier molecular flexibility index (Phi) is 6.38. The lowest BCUT2D eigenvalue weighted by Crippen LogP contribution is -2.26. The van der Waals surface area contributed by atoms with Crippen LogP contribution in [0.4, 0.5) is 5.69 Å². The van der Waals surface area contributed by atoms with Crippen LogP contribution in [0.25, 0.3) is 10.9 Å². The van der Waals surface area contributed by atoms with E-state index in [2.05, 4.69) is 15.6 Å². The monoisotopic (exact) mass is 371 g/mol. The maximum absolute atomic E-state index is 12.2. The molecule has 1 amide bonds. The van der Waals surface area contributed by atoms with Gasteiger partial charge in [-0.3, -0.25) is 4.79 Å². The summed E-state index contributed by atoms with van der Waals surface area (Å²) in [6, 6.07) is 1.74. The van der Waals surface area contributed by atoms with Crippen molar-refractivity contribution >= 4 is 45.7 Å². The van der Waals surface area contributed by atoms with E-state index in [9.17, 15) is 4.79 Å². The van der Waals surface area contributed by atoms with Crippen molar-refractivity contribution in [2.45, 2.75) is 33.1 Å². The van der Waals surface area contributed by atoms with Crippen LogP contribution < -0.4 is 10.6 Å². The fourth-order valence-electron chi connectivity index (χ4n) is 2.99. The second kappa shape index (κ2) is 8.10. The van der Waals surface area contributed by atoms with Crippen molar-refractivity contribution in [1.29, 1.82) is 0 Å². The zero-order chi connectivity index (χ0) is 17.9. The number of aliphatic hydroxyl groups is 1. The normalized spacial score (nSPS) is 16.8. The van der Waals surface area contributed by atoms with E-state index < -0.39 is 0 Å². The first-order chi connectivity index (χ1) is 11.5. The first kappa shape index (κ1) is 18.9. The van der Waals surface area contributed by atoms with Crippen molar-refractivity contribution in [3.05, 3.63) is 27.4 Å². The highest BCUT2D eigenvalue weighted by Gasteiger charge is 2.28. The Morgan fingerprint density at radius 3 is 2.75 bits per heavy atom. The van der Waals surface area contributed by atoms with Gasteiger partial charge in [0.1, 0.15) is 0 Å². The van der Waals surface area contributed by atoms with Gasteiger partial charge in [0.2, 0.25) is 5.91 Å². The number of anilines is 1. The van der Waals surface area contributed by atoms with Gasteiger partial charge in [-0.05, 0) is 18.6 Å². The summed E-state index contributed by atoms with van der Waals surface area (Å²) < 4.78 is 0.